The van der Waals surface area contributed by atoms with Crippen LogP contribution in [0.25, 0.3) is 10.9 Å². The molecule has 32 heavy (non-hydrogen) atoms. The minimum atomic E-state index is -0.348. The molecule has 4 rings (SSSR count). The third-order valence-corrected chi connectivity index (χ3v) is 5.68. The van der Waals surface area contributed by atoms with E-state index in [-0.39, 0.29) is 11.6 Å². The quantitative estimate of drug-likeness (QED) is 0.218. The number of para-hydroxylation sites is 1. The largest absolute Gasteiger partial charge is 0.493 e. The minimum absolute atomic E-state index is 0.274. The second-order valence-corrected chi connectivity index (χ2v) is 7.90. The van der Waals surface area contributed by atoms with Crippen LogP contribution in [0.4, 0.5) is 4.39 Å². The summed E-state index contributed by atoms with van der Waals surface area (Å²) in [5.41, 5.74) is 0.752. The topological polar surface area (TPSA) is 49.8 Å². The van der Waals surface area contributed by atoms with Crippen LogP contribution in [0.2, 0.25) is 0 Å². The predicted octanol–water partition coefficient (Wildman–Crippen LogP) is 6.35. The second kappa shape index (κ2) is 10.2. The fourth-order valence-corrected chi connectivity index (χ4v) is 3.87. The smallest absolute Gasteiger partial charge is 0.165 e. The zero-order valence-corrected chi connectivity index (χ0v) is 18.5. The Morgan fingerprint density at radius 3 is 2.34 bits per heavy atom. The molecule has 7 heteroatoms. The molecule has 0 unspecified atom stereocenters. The first kappa shape index (κ1) is 21.8. The van der Waals surface area contributed by atoms with E-state index in [0.717, 1.165) is 15.8 Å². The van der Waals surface area contributed by atoms with Gasteiger partial charge < -0.3 is 18.9 Å². The number of methoxy groups -OCH3 is 2. The van der Waals surface area contributed by atoms with Gasteiger partial charge in [0.2, 0.25) is 0 Å². The summed E-state index contributed by atoms with van der Waals surface area (Å²) in [6.45, 7) is 0.415. The van der Waals surface area contributed by atoms with Crippen LogP contribution in [0.3, 0.4) is 0 Å². The molecule has 0 spiro atoms. The van der Waals surface area contributed by atoms with Gasteiger partial charge in [-0.15, -0.1) is 11.8 Å². The molecule has 3 aromatic carbocycles. The van der Waals surface area contributed by atoms with Gasteiger partial charge in [-0.2, -0.15) is 0 Å². The maximum absolute atomic E-state index is 13.6. The van der Waals surface area contributed by atoms with Crippen LogP contribution in [-0.2, 0) is 0 Å². The fourth-order valence-electron chi connectivity index (χ4n) is 3.14. The standard InChI is InChI=1S/C25H22FNO4S/c1-28-24-15-19-21(16-25(24)29-2)27-12-11-22(19)31-17-7-9-18(10-8-17)32-14-13-30-23-6-4-3-5-20(23)26/h3-12,15-16H,13-14H2,1-2H3. The van der Waals surface area contributed by atoms with E-state index in [9.17, 15) is 4.39 Å². The van der Waals surface area contributed by atoms with Gasteiger partial charge in [-0.25, -0.2) is 4.39 Å². The van der Waals surface area contributed by atoms with Crippen LogP contribution in [0.1, 0.15) is 0 Å². The number of hydrogen-bond donors (Lipinski definition) is 0. The molecule has 164 valence electrons. The van der Waals surface area contributed by atoms with Crippen molar-refractivity contribution in [3.63, 3.8) is 0 Å². The van der Waals surface area contributed by atoms with Gasteiger partial charge >= 0.3 is 0 Å². The number of halogens is 1. The molecule has 0 aliphatic carbocycles. The number of nitrogens with zero attached hydrogens (tertiary/aromatic N) is 1. The normalized spacial score (nSPS) is 10.7. The molecule has 1 heterocycles. The van der Waals surface area contributed by atoms with E-state index in [1.807, 2.05) is 42.5 Å². The summed E-state index contributed by atoms with van der Waals surface area (Å²) < 4.78 is 35.9. The Bertz CT molecular complexity index is 1200. The molecular weight excluding hydrogens is 429 g/mol. The van der Waals surface area contributed by atoms with Crippen molar-refractivity contribution in [1.82, 2.24) is 4.98 Å². The minimum Gasteiger partial charge on any atom is -0.493 e. The highest BCUT2D eigenvalue weighted by Crippen LogP contribution is 2.37. The van der Waals surface area contributed by atoms with Gasteiger partial charge in [-0.1, -0.05) is 12.1 Å². The van der Waals surface area contributed by atoms with Gasteiger partial charge in [0, 0.05) is 28.3 Å². The van der Waals surface area contributed by atoms with E-state index < -0.39 is 0 Å². The number of pyridine rings is 1. The molecule has 0 aliphatic heterocycles. The fraction of sp³-hybridized carbons (Fsp3) is 0.160. The summed E-state index contributed by atoms with van der Waals surface area (Å²) in [7, 11) is 3.19. The molecule has 0 bridgehead atoms. The number of rotatable bonds is 9. The Hall–Kier alpha value is -3.45. The van der Waals surface area contributed by atoms with Crippen molar-refractivity contribution in [3.8, 4) is 28.7 Å². The number of fused-ring (bicyclic) bond motifs is 1. The number of aromatic nitrogens is 1. The van der Waals surface area contributed by atoms with E-state index >= 15 is 0 Å². The van der Waals surface area contributed by atoms with E-state index in [1.54, 1.807) is 50.4 Å². The average molecular weight is 452 g/mol. The first-order valence-corrected chi connectivity index (χ1v) is 11.0. The van der Waals surface area contributed by atoms with Gasteiger partial charge in [0.1, 0.15) is 11.5 Å². The number of benzene rings is 3. The van der Waals surface area contributed by atoms with Crippen LogP contribution < -0.4 is 18.9 Å². The zero-order chi connectivity index (χ0) is 22.3. The highest BCUT2D eigenvalue weighted by molar-refractivity contribution is 7.99. The van der Waals surface area contributed by atoms with Gasteiger partial charge in [0.25, 0.3) is 0 Å². The third kappa shape index (κ3) is 5.06. The molecule has 0 saturated heterocycles. The maximum atomic E-state index is 13.6. The Balaban J connectivity index is 1.39. The zero-order valence-electron chi connectivity index (χ0n) is 17.7. The number of thioether (sulfide) groups is 1. The first-order valence-electron chi connectivity index (χ1n) is 9.96. The van der Waals surface area contributed by atoms with Crippen molar-refractivity contribution in [2.45, 2.75) is 4.90 Å². The van der Waals surface area contributed by atoms with Crippen molar-refractivity contribution in [2.24, 2.45) is 0 Å². The lowest BCUT2D eigenvalue weighted by molar-refractivity contribution is 0.325. The highest BCUT2D eigenvalue weighted by atomic mass is 32.2. The molecule has 0 saturated carbocycles. The summed E-state index contributed by atoms with van der Waals surface area (Å²) >= 11 is 1.63. The van der Waals surface area contributed by atoms with Crippen LogP contribution in [-0.4, -0.2) is 31.6 Å². The first-order chi connectivity index (χ1) is 15.7. The molecule has 0 aliphatic rings. The predicted molar refractivity (Wildman–Crippen MR) is 124 cm³/mol. The Labute approximate surface area is 190 Å². The van der Waals surface area contributed by atoms with Crippen molar-refractivity contribution in [1.29, 1.82) is 0 Å². The summed E-state index contributed by atoms with van der Waals surface area (Å²) in [6, 6.07) is 19.7. The van der Waals surface area contributed by atoms with Crippen molar-refractivity contribution < 1.29 is 23.3 Å². The van der Waals surface area contributed by atoms with E-state index in [0.29, 0.717) is 35.4 Å². The summed E-state index contributed by atoms with van der Waals surface area (Å²) in [6.07, 6.45) is 1.70. The lowest BCUT2D eigenvalue weighted by atomic mass is 10.2. The van der Waals surface area contributed by atoms with E-state index in [4.69, 9.17) is 18.9 Å². The van der Waals surface area contributed by atoms with Crippen LogP contribution in [0.15, 0.2) is 77.8 Å². The van der Waals surface area contributed by atoms with E-state index in [2.05, 4.69) is 4.98 Å². The van der Waals surface area contributed by atoms with E-state index in [1.165, 1.54) is 6.07 Å². The Morgan fingerprint density at radius 2 is 1.59 bits per heavy atom. The molecule has 0 atom stereocenters. The van der Waals surface area contributed by atoms with Gasteiger partial charge in [0.05, 0.1) is 26.3 Å². The summed E-state index contributed by atoms with van der Waals surface area (Å²) in [4.78, 5) is 5.47. The van der Waals surface area contributed by atoms with Crippen molar-refractivity contribution in [2.75, 3.05) is 26.6 Å². The van der Waals surface area contributed by atoms with Crippen LogP contribution in [0, 0.1) is 5.82 Å². The van der Waals surface area contributed by atoms with Gasteiger partial charge in [-0.05, 0) is 48.5 Å². The number of ether oxygens (including phenoxy) is 4. The third-order valence-electron chi connectivity index (χ3n) is 4.70. The van der Waals surface area contributed by atoms with Crippen molar-refractivity contribution >= 4 is 22.7 Å². The molecule has 0 radical (unpaired) electrons. The monoisotopic (exact) mass is 451 g/mol. The van der Waals surface area contributed by atoms with Crippen LogP contribution in [0.5, 0.6) is 28.7 Å². The summed E-state index contributed by atoms with van der Waals surface area (Å²) in [5, 5.41) is 0.828. The lowest BCUT2D eigenvalue weighted by Gasteiger charge is -2.12. The second-order valence-electron chi connectivity index (χ2n) is 6.73. The molecule has 4 aromatic rings. The molecule has 0 fully saturated rings. The van der Waals surface area contributed by atoms with Gasteiger partial charge in [-0.3, -0.25) is 4.98 Å². The van der Waals surface area contributed by atoms with Crippen molar-refractivity contribution in [3.05, 3.63) is 78.7 Å². The molecule has 5 nitrogen and oxygen atoms in total. The molecule has 0 N–H and O–H groups in total. The van der Waals surface area contributed by atoms with Gasteiger partial charge in [0.15, 0.2) is 23.1 Å². The Kier molecular flexibility index (Phi) is 6.97. The molecule has 1 aromatic heterocycles. The average Bonchev–Trinajstić information content (AvgIpc) is 2.83. The van der Waals surface area contributed by atoms with Crippen LogP contribution >= 0.6 is 11.8 Å². The molecule has 0 amide bonds. The number of hydrogen-bond acceptors (Lipinski definition) is 6. The molecular formula is C25H22FNO4S. The SMILES string of the molecule is COc1cc2nccc(Oc3ccc(SCCOc4ccccc4F)cc3)c2cc1OC. The lowest BCUT2D eigenvalue weighted by Crippen LogP contribution is -2.01. The highest BCUT2D eigenvalue weighted by Gasteiger charge is 2.11. The Morgan fingerprint density at radius 1 is 0.844 bits per heavy atom. The summed E-state index contributed by atoms with van der Waals surface area (Å²) in [5.74, 6) is 3.24. The maximum Gasteiger partial charge on any atom is 0.165 e.